The summed E-state index contributed by atoms with van der Waals surface area (Å²) < 4.78 is 37.9. The van der Waals surface area contributed by atoms with Gasteiger partial charge in [0, 0.05) is 5.56 Å². The Kier molecular flexibility index (Phi) is 5.52. The van der Waals surface area contributed by atoms with E-state index in [9.17, 15) is 18.0 Å². The van der Waals surface area contributed by atoms with E-state index < -0.39 is 17.6 Å². The van der Waals surface area contributed by atoms with Crippen molar-refractivity contribution in [3.63, 3.8) is 0 Å². The fourth-order valence-electron chi connectivity index (χ4n) is 1.94. The third kappa shape index (κ3) is 5.08. The van der Waals surface area contributed by atoms with Crippen molar-refractivity contribution in [2.75, 3.05) is 0 Å². The molecule has 124 valence electrons. The summed E-state index contributed by atoms with van der Waals surface area (Å²) in [5, 5.41) is 3.76. The first-order valence-electron chi connectivity index (χ1n) is 7.10. The number of nitrogens with one attached hydrogen (secondary N) is 1. The van der Waals surface area contributed by atoms with E-state index in [1.807, 2.05) is 36.4 Å². The lowest BCUT2D eigenvalue weighted by atomic mass is 10.1. The third-order valence-corrected chi connectivity index (χ3v) is 3.08. The Morgan fingerprint density at radius 3 is 2.46 bits per heavy atom. The van der Waals surface area contributed by atoms with E-state index in [1.165, 1.54) is 18.3 Å². The molecule has 3 nitrogen and oxygen atoms in total. The quantitative estimate of drug-likeness (QED) is 0.649. The third-order valence-electron chi connectivity index (χ3n) is 3.08. The minimum absolute atomic E-state index is 0.105. The van der Waals surface area contributed by atoms with Crippen molar-refractivity contribution in [2.24, 2.45) is 5.10 Å². The molecule has 0 aliphatic rings. The molecule has 0 saturated heterocycles. The highest BCUT2D eigenvalue weighted by molar-refractivity contribution is 5.95. The second-order valence-corrected chi connectivity index (χ2v) is 5.08. The van der Waals surface area contributed by atoms with Crippen molar-refractivity contribution in [1.29, 1.82) is 0 Å². The van der Waals surface area contributed by atoms with E-state index in [1.54, 1.807) is 6.92 Å². The highest BCUT2D eigenvalue weighted by atomic mass is 19.4. The van der Waals surface area contributed by atoms with Crippen LogP contribution in [0.2, 0.25) is 0 Å². The van der Waals surface area contributed by atoms with Gasteiger partial charge in [-0.05, 0) is 36.3 Å². The van der Waals surface area contributed by atoms with Gasteiger partial charge in [-0.2, -0.15) is 18.3 Å². The molecular formula is C18H15F3N2O. The van der Waals surface area contributed by atoms with Crippen LogP contribution >= 0.6 is 0 Å². The molecule has 0 radical (unpaired) electrons. The van der Waals surface area contributed by atoms with Crippen LogP contribution in [0.25, 0.3) is 6.08 Å². The zero-order valence-corrected chi connectivity index (χ0v) is 12.8. The van der Waals surface area contributed by atoms with E-state index in [0.717, 1.165) is 23.3 Å². The average molecular weight is 332 g/mol. The van der Waals surface area contributed by atoms with Crippen LogP contribution in [0.15, 0.2) is 65.3 Å². The van der Waals surface area contributed by atoms with Crippen molar-refractivity contribution in [2.45, 2.75) is 13.1 Å². The van der Waals surface area contributed by atoms with E-state index in [4.69, 9.17) is 0 Å². The number of carbonyl (C=O) groups is 1. The van der Waals surface area contributed by atoms with E-state index in [2.05, 4.69) is 10.5 Å². The minimum atomic E-state index is -4.49. The molecule has 0 aliphatic heterocycles. The predicted octanol–water partition coefficient (Wildman–Crippen LogP) is 4.52. The number of halogens is 3. The Balaban J connectivity index is 2.02. The first-order valence-corrected chi connectivity index (χ1v) is 7.10. The lowest BCUT2D eigenvalue weighted by Gasteiger charge is -2.07. The summed E-state index contributed by atoms with van der Waals surface area (Å²) in [5.74, 6) is -0.704. The largest absolute Gasteiger partial charge is 0.416 e. The number of benzene rings is 2. The van der Waals surface area contributed by atoms with Crippen LogP contribution < -0.4 is 5.43 Å². The molecule has 1 amide bonds. The summed E-state index contributed by atoms with van der Waals surface area (Å²) in [4.78, 5) is 11.9. The molecule has 0 fully saturated rings. The van der Waals surface area contributed by atoms with Crippen LogP contribution in [0.3, 0.4) is 0 Å². The molecule has 0 bridgehead atoms. The maximum Gasteiger partial charge on any atom is 0.416 e. The molecule has 1 N–H and O–H groups in total. The number of rotatable bonds is 4. The van der Waals surface area contributed by atoms with Gasteiger partial charge < -0.3 is 0 Å². The minimum Gasteiger partial charge on any atom is -0.267 e. The number of hydrogen-bond acceptors (Lipinski definition) is 2. The Bertz CT molecular complexity index is 765. The van der Waals surface area contributed by atoms with Gasteiger partial charge in [-0.1, -0.05) is 42.5 Å². The maximum absolute atomic E-state index is 12.6. The van der Waals surface area contributed by atoms with Crippen LogP contribution in [0.4, 0.5) is 13.2 Å². The van der Waals surface area contributed by atoms with Gasteiger partial charge >= 0.3 is 6.18 Å². The smallest absolute Gasteiger partial charge is 0.267 e. The molecule has 0 spiro atoms. The number of alkyl halides is 3. The summed E-state index contributed by atoms with van der Waals surface area (Å²) in [6.45, 7) is 1.80. The Morgan fingerprint density at radius 2 is 1.79 bits per heavy atom. The SMILES string of the molecule is CC(C=NNC(=O)c1cccc(C(F)(F)F)c1)=Cc1ccccc1. The van der Waals surface area contributed by atoms with E-state index >= 15 is 0 Å². The Hall–Kier alpha value is -2.89. The van der Waals surface area contributed by atoms with Gasteiger partial charge in [-0.3, -0.25) is 4.79 Å². The molecule has 0 unspecified atom stereocenters. The van der Waals surface area contributed by atoms with Crippen LogP contribution in [0.5, 0.6) is 0 Å². The number of carbonyl (C=O) groups excluding carboxylic acids is 1. The molecule has 6 heteroatoms. The Morgan fingerprint density at radius 1 is 1.08 bits per heavy atom. The molecule has 2 aromatic carbocycles. The second-order valence-electron chi connectivity index (χ2n) is 5.08. The highest BCUT2D eigenvalue weighted by Gasteiger charge is 2.30. The molecule has 0 aliphatic carbocycles. The summed E-state index contributed by atoms with van der Waals surface area (Å²) in [5.41, 5.74) is 3.00. The van der Waals surface area contributed by atoms with Gasteiger partial charge in [0.15, 0.2) is 0 Å². The molecule has 0 atom stereocenters. The number of hydrazone groups is 1. The van der Waals surface area contributed by atoms with Gasteiger partial charge in [-0.25, -0.2) is 5.43 Å². The van der Waals surface area contributed by atoms with Crippen molar-refractivity contribution < 1.29 is 18.0 Å². The molecule has 24 heavy (non-hydrogen) atoms. The maximum atomic E-state index is 12.6. The van der Waals surface area contributed by atoms with Gasteiger partial charge in [0.25, 0.3) is 5.91 Å². The molecular weight excluding hydrogens is 317 g/mol. The lowest BCUT2D eigenvalue weighted by molar-refractivity contribution is -0.137. The van der Waals surface area contributed by atoms with Gasteiger partial charge in [0.1, 0.15) is 0 Å². The van der Waals surface area contributed by atoms with Crippen LogP contribution in [-0.2, 0) is 6.18 Å². The number of hydrogen-bond donors (Lipinski definition) is 1. The topological polar surface area (TPSA) is 41.5 Å². The summed E-state index contributed by atoms with van der Waals surface area (Å²) in [6, 6.07) is 13.7. The first-order chi connectivity index (χ1) is 11.4. The standard InChI is InChI=1S/C18H15F3N2O/c1-13(10-14-6-3-2-4-7-14)12-22-23-17(24)15-8-5-9-16(11-15)18(19,20)21/h2-12H,1H3,(H,23,24). The zero-order chi connectivity index (χ0) is 17.6. The highest BCUT2D eigenvalue weighted by Crippen LogP contribution is 2.29. The van der Waals surface area contributed by atoms with Crippen molar-refractivity contribution >= 4 is 18.2 Å². The molecule has 2 rings (SSSR count). The molecule has 0 heterocycles. The van der Waals surface area contributed by atoms with Gasteiger partial charge in [0.05, 0.1) is 11.8 Å². The number of nitrogens with zero attached hydrogens (tertiary/aromatic N) is 1. The van der Waals surface area contributed by atoms with E-state index in [0.29, 0.717) is 0 Å². The van der Waals surface area contributed by atoms with Crippen LogP contribution in [-0.4, -0.2) is 12.1 Å². The van der Waals surface area contributed by atoms with Crippen molar-refractivity contribution in [1.82, 2.24) is 5.43 Å². The number of allylic oxidation sites excluding steroid dienone is 1. The zero-order valence-electron chi connectivity index (χ0n) is 12.8. The molecule has 2 aromatic rings. The van der Waals surface area contributed by atoms with Crippen LogP contribution in [0.1, 0.15) is 28.4 Å². The summed E-state index contributed by atoms with van der Waals surface area (Å²) in [7, 11) is 0. The fraction of sp³-hybridized carbons (Fsp3) is 0.111. The van der Waals surface area contributed by atoms with Crippen molar-refractivity contribution in [3.8, 4) is 0 Å². The van der Waals surface area contributed by atoms with E-state index in [-0.39, 0.29) is 5.56 Å². The first kappa shape index (κ1) is 17.5. The molecule has 0 saturated carbocycles. The van der Waals surface area contributed by atoms with Crippen LogP contribution in [0, 0.1) is 0 Å². The summed E-state index contributed by atoms with van der Waals surface area (Å²) in [6.07, 6.45) is -1.20. The predicted molar refractivity (Wildman–Crippen MR) is 87.5 cm³/mol. The van der Waals surface area contributed by atoms with Gasteiger partial charge in [0.2, 0.25) is 0 Å². The fourth-order valence-corrected chi connectivity index (χ4v) is 1.94. The molecule has 0 aromatic heterocycles. The lowest BCUT2D eigenvalue weighted by Crippen LogP contribution is -2.18. The second kappa shape index (κ2) is 7.59. The van der Waals surface area contributed by atoms with Crippen molar-refractivity contribution in [3.05, 3.63) is 76.9 Å². The van der Waals surface area contributed by atoms with Gasteiger partial charge in [-0.15, -0.1) is 0 Å². The summed E-state index contributed by atoms with van der Waals surface area (Å²) >= 11 is 0. The average Bonchev–Trinajstić information content (AvgIpc) is 2.55. The monoisotopic (exact) mass is 332 g/mol. The normalized spacial score (nSPS) is 12.4. The Labute approximate surface area is 137 Å². The number of amides is 1.